The first-order chi connectivity index (χ1) is 16.4. The van der Waals surface area contributed by atoms with Gasteiger partial charge in [0.1, 0.15) is 17.2 Å². The largest absolute Gasteiger partial charge is 0.493 e. The zero-order chi connectivity index (χ0) is 24.1. The van der Waals surface area contributed by atoms with Gasteiger partial charge >= 0.3 is 0 Å². The molecular formula is C27H26N2O5. The number of hydrogen-bond acceptors (Lipinski definition) is 6. The lowest BCUT2D eigenvalue weighted by Crippen LogP contribution is -2.20. The van der Waals surface area contributed by atoms with Crippen LogP contribution in [-0.2, 0) is 4.79 Å². The molecule has 174 valence electrons. The highest BCUT2D eigenvalue weighted by molar-refractivity contribution is 5.92. The first kappa shape index (κ1) is 22.9. The highest BCUT2D eigenvalue weighted by Crippen LogP contribution is 2.37. The van der Waals surface area contributed by atoms with E-state index in [9.17, 15) is 4.79 Å². The summed E-state index contributed by atoms with van der Waals surface area (Å²) in [6, 6.07) is 18.4. The van der Waals surface area contributed by atoms with Crippen LogP contribution in [-0.4, -0.2) is 31.7 Å². The first-order valence-corrected chi connectivity index (χ1v) is 10.7. The lowest BCUT2D eigenvalue weighted by atomic mass is 10.1. The van der Waals surface area contributed by atoms with Crippen molar-refractivity contribution in [2.24, 2.45) is 0 Å². The Hall–Kier alpha value is -4.26. The molecule has 0 saturated heterocycles. The minimum atomic E-state index is -0.242. The Bertz CT molecular complexity index is 1300. The number of fused-ring (bicyclic) bond motifs is 1. The summed E-state index contributed by atoms with van der Waals surface area (Å²) in [7, 11) is 3.17. The second kappa shape index (κ2) is 10.1. The number of benzene rings is 3. The fourth-order valence-electron chi connectivity index (χ4n) is 3.63. The van der Waals surface area contributed by atoms with Crippen LogP contribution in [0.3, 0.4) is 0 Å². The Morgan fingerprint density at radius 1 is 0.824 bits per heavy atom. The second-order valence-electron chi connectivity index (χ2n) is 7.82. The van der Waals surface area contributed by atoms with Crippen LogP contribution in [0, 0.1) is 13.8 Å². The van der Waals surface area contributed by atoms with E-state index < -0.39 is 0 Å². The zero-order valence-electron chi connectivity index (χ0n) is 19.5. The molecule has 0 radical (unpaired) electrons. The van der Waals surface area contributed by atoms with Gasteiger partial charge in [0.05, 0.1) is 19.7 Å². The van der Waals surface area contributed by atoms with Crippen molar-refractivity contribution in [2.45, 2.75) is 13.8 Å². The maximum Gasteiger partial charge on any atom is 0.262 e. The van der Waals surface area contributed by atoms with Gasteiger partial charge in [0, 0.05) is 23.3 Å². The predicted molar refractivity (Wildman–Crippen MR) is 131 cm³/mol. The monoisotopic (exact) mass is 458 g/mol. The molecule has 1 N–H and O–H groups in total. The normalized spacial score (nSPS) is 10.6. The number of pyridine rings is 1. The molecule has 0 saturated carbocycles. The fourth-order valence-corrected chi connectivity index (χ4v) is 3.63. The first-order valence-electron chi connectivity index (χ1n) is 10.7. The Morgan fingerprint density at radius 2 is 1.50 bits per heavy atom. The summed E-state index contributed by atoms with van der Waals surface area (Å²) in [4.78, 5) is 16.7. The maximum atomic E-state index is 12.3. The van der Waals surface area contributed by atoms with Crippen molar-refractivity contribution >= 4 is 22.5 Å². The molecule has 0 aliphatic rings. The molecule has 0 atom stereocenters. The predicted octanol–water partition coefficient (Wildman–Crippen LogP) is 5.68. The van der Waals surface area contributed by atoms with E-state index >= 15 is 0 Å². The van der Waals surface area contributed by atoms with Gasteiger partial charge < -0.3 is 24.3 Å². The number of nitrogens with one attached hydrogen (secondary N) is 1. The number of methoxy groups -OCH3 is 2. The minimum Gasteiger partial charge on any atom is -0.493 e. The smallest absolute Gasteiger partial charge is 0.262 e. The molecule has 1 amide bonds. The number of ether oxygens (including phenoxy) is 4. The Kier molecular flexibility index (Phi) is 6.82. The van der Waals surface area contributed by atoms with Gasteiger partial charge in [-0.25, -0.2) is 0 Å². The van der Waals surface area contributed by atoms with Crippen LogP contribution in [0.25, 0.3) is 10.9 Å². The third kappa shape index (κ3) is 5.38. The third-order valence-corrected chi connectivity index (χ3v) is 5.14. The number of aromatic nitrogens is 1. The molecular weight excluding hydrogens is 432 g/mol. The SMILES string of the molecule is COc1cc2nccc(Oc3ccc(NC(=O)COc4cc(C)cc(C)c4)cc3)c2cc1OC. The van der Waals surface area contributed by atoms with Crippen LogP contribution in [0.1, 0.15) is 11.1 Å². The number of carbonyl (C=O) groups excluding carboxylic acids is 1. The number of amides is 1. The number of aryl methyl sites for hydroxylation is 2. The molecule has 0 bridgehead atoms. The summed E-state index contributed by atoms with van der Waals surface area (Å²) in [6.45, 7) is 3.91. The van der Waals surface area contributed by atoms with Gasteiger partial charge in [0.15, 0.2) is 18.1 Å². The van der Waals surface area contributed by atoms with E-state index in [4.69, 9.17) is 18.9 Å². The van der Waals surface area contributed by atoms with E-state index in [2.05, 4.69) is 16.4 Å². The average molecular weight is 459 g/mol. The zero-order valence-corrected chi connectivity index (χ0v) is 19.5. The third-order valence-electron chi connectivity index (χ3n) is 5.14. The lowest BCUT2D eigenvalue weighted by Gasteiger charge is -2.13. The van der Waals surface area contributed by atoms with E-state index in [1.165, 1.54) is 0 Å². The lowest BCUT2D eigenvalue weighted by molar-refractivity contribution is -0.118. The molecule has 0 aliphatic heterocycles. The van der Waals surface area contributed by atoms with Crippen molar-refractivity contribution in [3.05, 3.63) is 78.0 Å². The summed E-state index contributed by atoms with van der Waals surface area (Å²) in [5.74, 6) is 2.87. The Labute approximate surface area is 198 Å². The fraction of sp³-hybridized carbons (Fsp3) is 0.185. The van der Waals surface area contributed by atoms with Gasteiger partial charge in [0.2, 0.25) is 0 Å². The van der Waals surface area contributed by atoms with Gasteiger partial charge in [-0.3, -0.25) is 9.78 Å². The molecule has 1 heterocycles. The van der Waals surface area contributed by atoms with Gasteiger partial charge in [-0.15, -0.1) is 0 Å². The Morgan fingerprint density at radius 3 is 2.18 bits per heavy atom. The number of carbonyl (C=O) groups is 1. The van der Waals surface area contributed by atoms with Crippen molar-refractivity contribution in [3.8, 4) is 28.7 Å². The van der Waals surface area contributed by atoms with Crippen molar-refractivity contribution in [1.82, 2.24) is 4.98 Å². The van der Waals surface area contributed by atoms with E-state index in [1.54, 1.807) is 56.8 Å². The van der Waals surface area contributed by atoms with Gasteiger partial charge in [-0.1, -0.05) is 6.07 Å². The van der Waals surface area contributed by atoms with E-state index in [0.717, 1.165) is 22.0 Å². The topological polar surface area (TPSA) is 78.9 Å². The quantitative estimate of drug-likeness (QED) is 0.366. The molecule has 7 heteroatoms. The summed E-state index contributed by atoms with van der Waals surface area (Å²) < 4.78 is 22.5. The number of hydrogen-bond donors (Lipinski definition) is 1. The molecule has 0 aliphatic carbocycles. The maximum absolute atomic E-state index is 12.3. The van der Waals surface area contributed by atoms with Gasteiger partial charge in [-0.2, -0.15) is 0 Å². The minimum absolute atomic E-state index is 0.0740. The molecule has 4 rings (SSSR count). The summed E-state index contributed by atoms with van der Waals surface area (Å²) >= 11 is 0. The second-order valence-corrected chi connectivity index (χ2v) is 7.82. The number of nitrogens with zero attached hydrogens (tertiary/aromatic N) is 1. The average Bonchev–Trinajstić information content (AvgIpc) is 2.82. The number of rotatable bonds is 8. The molecule has 0 spiro atoms. The molecule has 0 unspecified atom stereocenters. The molecule has 1 aromatic heterocycles. The van der Waals surface area contributed by atoms with Gasteiger partial charge in [-0.05, 0) is 73.5 Å². The van der Waals surface area contributed by atoms with Crippen molar-refractivity contribution < 1.29 is 23.7 Å². The van der Waals surface area contributed by atoms with Crippen molar-refractivity contribution in [3.63, 3.8) is 0 Å². The van der Waals surface area contributed by atoms with Crippen molar-refractivity contribution in [2.75, 3.05) is 26.1 Å². The summed E-state index contributed by atoms with van der Waals surface area (Å²) in [5, 5.41) is 3.62. The van der Waals surface area contributed by atoms with E-state index in [-0.39, 0.29) is 12.5 Å². The highest BCUT2D eigenvalue weighted by Gasteiger charge is 2.12. The molecule has 4 aromatic rings. The molecule has 0 fully saturated rings. The van der Waals surface area contributed by atoms with Crippen LogP contribution in [0.2, 0.25) is 0 Å². The number of anilines is 1. The van der Waals surface area contributed by atoms with Gasteiger partial charge in [0.25, 0.3) is 5.91 Å². The Balaban J connectivity index is 1.42. The van der Waals surface area contributed by atoms with E-state index in [0.29, 0.717) is 34.4 Å². The van der Waals surface area contributed by atoms with Crippen LogP contribution in [0.5, 0.6) is 28.7 Å². The highest BCUT2D eigenvalue weighted by atomic mass is 16.5. The molecule has 3 aromatic carbocycles. The van der Waals surface area contributed by atoms with Crippen LogP contribution in [0.4, 0.5) is 5.69 Å². The standard InChI is InChI=1S/C27H26N2O5/c1-17-11-18(2)13-21(12-17)33-16-27(30)29-19-5-7-20(8-6-19)34-24-9-10-28-23-15-26(32-4)25(31-3)14-22(23)24/h5-15H,16H2,1-4H3,(H,29,30). The van der Waals surface area contributed by atoms with Crippen molar-refractivity contribution in [1.29, 1.82) is 0 Å². The van der Waals surface area contributed by atoms with Crippen LogP contribution >= 0.6 is 0 Å². The molecule has 7 nitrogen and oxygen atoms in total. The van der Waals surface area contributed by atoms with E-state index in [1.807, 2.05) is 32.0 Å². The molecule has 34 heavy (non-hydrogen) atoms. The summed E-state index contributed by atoms with van der Waals surface area (Å²) in [6.07, 6.45) is 1.67. The van der Waals surface area contributed by atoms with Crippen LogP contribution < -0.4 is 24.3 Å². The van der Waals surface area contributed by atoms with Crippen LogP contribution in [0.15, 0.2) is 66.9 Å². The summed E-state index contributed by atoms with van der Waals surface area (Å²) in [5.41, 5.74) is 3.55.